The quantitative estimate of drug-likeness (QED) is 0.688. The normalized spacial score (nSPS) is 16.0. The third-order valence-corrected chi connectivity index (χ3v) is 3.93. The summed E-state index contributed by atoms with van der Waals surface area (Å²) in [5.41, 5.74) is 1.41. The molecule has 2 nitrogen and oxygen atoms in total. The largest absolute Gasteiger partial charge is 0.380 e. The van der Waals surface area contributed by atoms with E-state index in [1.165, 1.54) is 37.8 Å². The second-order valence-corrected chi connectivity index (χ2v) is 5.56. The molecule has 0 atom stereocenters. The number of nitrogens with one attached hydrogen (secondary N) is 1. The average molecular weight is 261 g/mol. The molecule has 1 fully saturated rings. The summed E-state index contributed by atoms with van der Waals surface area (Å²) in [5, 5.41) is 3.51. The van der Waals surface area contributed by atoms with Gasteiger partial charge in [0.05, 0.1) is 6.61 Å². The average Bonchev–Trinajstić information content (AvgIpc) is 2.96. The highest BCUT2D eigenvalue weighted by atomic mass is 16.5. The SMILES string of the molecule is c1ccc(CCCOCCNCC2CCCC2)cc1. The third-order valence-electron chi connectivity index (χ3n) is 3.93. The maximum Gasteiger partial charge on any atom is 0.0590 e. The van der Waals surface area contributed by atoms with Crippen molar-refractivity contribution in [1.82, 2.24) is 5.32 Å². The molecule has 2 heteroatoms. The van der Waals surface area contributed by atoms with Crippen molar-refractivity contribution in [3.63, 3.8) is 0 Å². The van der Waals surface area contributed by atoms with Gasteiger partial charge in [-0.25, -0.2) is 0 Å². The van der Waals surface area contributed by atoms with Gasteiger partial charge in [-0.05, 0) is 43.7 Å². The topological polar surface area (TPSA) is 21.3 Å². The number of ether oxygens (including phenoxy) is 1. The van der Waals surface area contributed by atoms with Crippen LogP contribution in [0.5, 0.6) is 0 Å². The van der Waals surface area contributed by atoms with Crippen molar-refractivity contribution in [3.8, 4) is 0 Å². The number of hydrogen-bond acceptors (Lipinski definition) is 2. The summed E-state index contributed by atoms with van der Waals surface area (Å²) in [6.07, 6.45) is 7.95. The summed E-state index contributed by atoms with van der Waals surface area (Å²) in [4.78, 5) is 0. The first kappa shape index (κ1) is 14.5. The van der Waals surface area contributed by atoms with Crippen molar-refractivity contribution in [3.05, 3.63) is 35.9 Å². The Bertz CT molecular complexity index is 319. The van der Waals surface area contributed by atoms with Crippen LogP contribution in [-0.4, -0.2) is 26.3 Å². The van der Waals surface area contributed by atoms with Gasteiger partial charge in [-0.15, -0.1) is 0 Å². The Morgan fingerprint density at radius 3 is 2.63 bits per heavy atom. The summed E-state index contributed by atoms with van der Waals surface area (Å²) in [6, 6.07) is 10.6. The van der Waals surface area contributed by atoms with Crippen LogP contribution >= 0.6 is 0 Å². The molecule has 0 heterocycles. The van der Waals surface area contributed by atoms with Gasteiger partial charge in [-0.1, -0.05) is 43.2 Å². The minimum Gasteiger partial charge on any atom is -0.380 e. The fraction of sp³-hybridized carbons (Fsp3) is 0.647. The Balaban J connectivity index is 1.38. The maximum absolute atomic E-state index is 5.66. The molecule has 1 aliphatic rings. The molecule has 19 heavy (non-hydrogen) atoms. The molecule has 0 saturated heterocycles. The maximum atomic E-state index is 5.66. The second kappa shape index (κ2) is 9.11. The number of aryl methyl sites for hydroxylation is 1. The van der Waals surface area contributed by atoms with Crippen molar-refractivity contribution < 1.29 is 4.74 Å². The molecule has 0 unspecified atom stereocenters. The van der Waals surface area contributed by atoms with E-state index in [0.29, 0.717) is 0 Å². The van der Waals surface area contributed by atoms with E-state index in [-0.39, 0.29) is 0 Å². The lowest BCUT2D eigenvalue weighted by Crippen LogP contribution is -2.25. The van der Waals surface area contributed by atoms with Crippen LogP contribution in [0.4, 0.5) is 0 Å². The molecule has 1 aromatic carbocycles. The lowest BCUT2D eigenvalue weighted by molar-refractivity contribution is 0.133. The summed E-state index contributed by atoms with van der Waals surface area (Å²) in [7, 11) is 0. The smallest absolute Gasteiger partial charge is 0.0590 e. The molecule has 1 aliphatic carbocycles. The van der Waals surface area contributed by atoms with E-state index in [1.54, 1.807) is 0 Å². The number of hydrogen-bond donors (Lipinski definition) is 1. The van der Waals surface area contributed by atoms with E-state index >= 15 is 0 Å². The predicted molar refractivity (Wildman–Crippen MR) is 80.4 cm³/mol. The first-order valence-electron chi connectivity index (χ1n) is 7.77. The van der Waals surface area contributed by atoms with Crippen LogP contribution in [0, 0.1) is 5.92 Å². The Morgan fingerprint density at radius 1 is 1.05 bits per heavy atom. The third kappa shape index (κ3) is 6.22. The van der Waals surface area contributed by atoms with E-state index in [0.717, 1.165) is 38.5 Å². The van der Waals surface area contributed by atoms with Gasteiger partial charge < -0.3 is 10.1 Å². The van der Waals surface area contributed by atoms with Crippen molar-refractivity contribution in [2.45, 2.75) is 38.5 Å². The van der Waals surface area contributed by atoms with Crippen LogP contribution in [-0.2, 0) is 11.2 Å². The molecule has 1 aromatic rings. The molecule has 0 aliphatic heterocycles. The van der Waals surface area contributed by atoms with E-state index < -0.39 is 0 Å². The first-order valence-corrected chi connectivity index (χ1v) is 7.77. The van der Waals surface area contributed by atoms with Crippen molar-refractivity contribution in [2.24, 2.45) is 5.92 Å². The molecule has 2 rings (SSSR count). The van der Waals surface area contributed by atoms with E-state index in [9.17, 15) is 0 Å². The zero-order valence-corrected chi connectivity index (χ0v) is 11.9. The molecular formula is C17H27NO. The van der Waals surface area contributed by atoms with Crippen LogP contribution in [0.3, 0.4) is 0 Å². The summed E-state index contributed by atoms with van der Waals surface area (Å²) in [6.45, 7) is 3.91. The van der Waals surface area contributed by atoms with E-state index in [2.05, 4.69) is 35.6 Å². The summed E-state index contributed by atoms with van der Waals surface area (Å²) < 4.78 is 5.66. The van der Waals surface area contributed by atoms with Gasteiger partial charge in [0.25, 0.3) is 0 Å². The van der Waals surface area contributed by atoms with Crippen LogP contribution in [0.15, 0.2) is 30.3 Å². The van der Waals surface area contributed by atoms with Crippen molar-refractivity contribution in [1.29, 1.82) is 0 Å². The van der Waals surface area contributed by atoms with Gasteiger partial charge in [0.15, 0.2) is 0 Å². The zero-order chi connectivity index (χ0) is 13.2. The number of benzene rings is 1. The molecule has 0 radical (unpaired) electrons. The molecule has 0 aromatic heterocycles. The Morgan fingerprint density at radius 2 is 1.84 bits per heavy atom. The molecule has 0 spiro atoms. The standard InChI is InChI=1S/C17H27NO/c1-2-7-16(8-3-1)11-6-13-19-14-12-18-15-17-9-4-5-10-17/h1-3,7-8,17-18H,4-6,9-15H2. The molecule has 1 N–H and O–H groups in total. The minimum atomic E-state index is 0.849. The molecule has 0 bridgehead atoms. The van der Waals surface area contributed by atoms with Crippen molar-refractivity contribution in [2.75, 3.05) is 26.3 Å². The lowest BCUT2D eigenvalue weighted by atomic mass is 10.1. The van der Waals surface area contributed by atoms with Crippen LogP contribution in [0.25, 0.3) is 0 Å². The molecule has 0 amide bonds. The van der Waals surface area contributed by atoms with Crippen molar-refractivity contribution >= 4 is 0 Å². The Hall–Kier alpha value is -0.860. The van der Waals surface area contributed by atoms with Gasteiger partial charge in [0.1, 0.15) is 0 Å². The fourth-order valence-corrected chi connectivity index (χ4v) is 2.79. The predicted octanol–water partition coefficient (Wildman–Crippen LogP) is 3.42. The molecular weight excluding hydrogens is 234 g/mol. The van der Waals surface area contributed by atoms with E-state index in [4.69, 9.17) is 4.74 Å². The summed E-state index contributed by atoms with van der Waals surface area (Å²) in [5.74, 6) is 0.929. The van der Waals surface area contributed by atoms with Crippen LogP contribution < -0.4 is 5.32 Å². The van der Waals surface area contributed by atoms with Crippen LogP contribution in [0.1, 0.15) is 37.7 Å². The summed E-state index contributed by atoms with van der Waals surface area (Å²) >= 11 is 0. The van der Waals surface area contributed by atoms with Gasteiger partial charge in [0.2, 0.25) is 0 Å². The molecule has 106 valence electrons. The van der Waals surface area contributed by atoms with Gasteiger partial charge in [-0.3, -0.25) is 0 Å². The minimum absolute atomic E-state index is 0.849. The highest BCUT2D eigenvalue weighted by Crippen LogP contribution is 2.23. The van der Waals surface area contributed by atoms with Gasteiger partial charge >= 0.3 is 0 Å². The zero-order valence-electron chi connectivity index (χ0n) is 11.9. The second-order valence-electron chi connectivity index (χ2n) is 5.56. The first-order chi connectivity index (χ1) is 9.45. The highest BCUT2D eigenvalue weighted by Gasteiger charge is 2.13. The number of rotatable bonds is 9. The highest BCUT2D eigenvalue weighted by molar-refractivity contribution is 5.14. The Kier molecular flexibility index (Phi) is 6.97. The monoisotopic (exact) mass is 261 g/mol. The van der Waals surface area contributed by atoms with Gasteiger partial charge in [-0.2, -0.15) is 0 Å². The fourth-order valence-electron chi connectivity index (χ4n) is 2.79. The lowest BCUT2D eigenvalue weighted by Gasteiger charge is -2.10. The molecule has 1 saturated carbocycles. The van der Waals surface area contributed by atoms with Crippen LogP contribution in [0.2, 0.25) is 0 Å². The van der Waals surface area contributed by atoms with Gasteiger partial charge in [0, 0.05) is 13.2 Å². The van der Waals surface area contributed by atoms with E-state index in [1.807, 2.05) is 0 Å². The Labute approximate surface area is 117 Å².